The molecule has 3 rings (SSSR count). The number of hydrogen-bond acceptors (Lipinski definition) is 3. The highest BCUT2D eigenvalue weighted by Gasteiger charge is 2.29. The largest absolute Gasteiger partial charge is 0.382 e. The quantitative estimate of drug-likeness (QED) is 0.942. The maximum Gasteiger partial charge on any atom is 0.264 e. The van der Waals surface area contributed by atoms with Crippen molar-refractivity contribution in [3.63, 3.8) is 0 Å². The van der Waals surface area contributed by atoms with Gasteiger partial charge in [-0.3, -0.25) is 4.79 Å². The Morgan fingerprint density at radius 3 is 2.61 bits per heavy atom. The lowest BCUT2D eigenvalue weighted by molar-refractivity contribution is -0.131. The number of nitrogens with one attached hydrogen (secondary N) is 1. The van der Waals surface area contributed by atoms with Crippen LogP contribution in [0.5, 0.6) is 0 Å². The molecule has 2 aromatic rings. The number of halogens is 1. The summed E-state index contributed by atoms with van der Waals surface area (Å²) >= 11 is 0. The molecule has 0 saturated heterocycles. The van der Waals surface area contributed by atoms with Crippen molar-refractivity contribution in [2.75, 3.05) is 0 Å². The van der Waals surface area contributed by atoms with Crippen molar-refractivity contribution in [2.45, 2.75) is 25.5 Å². The highest BCUT2D eigenvalue weighted by Crippen LogP contribution is 2.19. The molecule has 0 saturated carbocycles. The molecule has 0 aromatic heterocycles. The van der Waals surface area contributed by atoms with Crippen LogP contribution >= 0.6 is 0 Å². The number of hydrogen-bond donors (Lipinski definition) is 1. The van der Waals surface area contributed by atoms with E-state index in [1.54, 1.807) is 12.1 Å². The first-order valence-corrected chi connectivity index (χ1v) is 7.47. The normalized spacial score (nSPS) is 18.0. The highest BCUT2D eigenvalue weighted by molar-refractivity contribution is 6.04. The van der Waals surface area contributed by atoms with Crippen molar-refractivity contribution in [3.05, 3.63) is 71.5 Å². The molecule has 23 heavy (non-hydrogen) atoms. The minimum absolute atomic E-state index is 0.225. The topological polar surface area (TPSA) is 50.7 Å². The van der Waals surface area contributed by atoms with E-state index in [2.05, 4.69) is 10.5 Å². The van der Waals surface area contributed by atoms with Gasteiger partial charge in [-0.2, -0.15) is 0 Å². The zero-order valence-corrected chi connectivity index (χ0v) is 12.7. The van der Waals surface area contributed by atoms with Crippen LogP contribution in [0, 0.1) is 5.82 Å². The Bertz CT molecular complexity index is 714. The van der Waals surface area contributed by atoms with Crippen molar-refractivity contribution in [1.82, 2.24) is 5.32 Å². The van der Waals surface area contributed by atoms with Gasteiger partial charge in [-0.05, 0) is 30.2 Å². The summed E-state index contributed by atoms with van der Waals surface area (Å²) in [6.45, 7) is 1.85. The second-order valence-electron chi connectivity index (χ2n) is 5.48. The van der Waals surface area contributed by atoms with Crippen molar-refractivity contribution in [3.8, 4) is 0 Å². The summed E-state index contributed by atoms with van der Waals surface area (Å²) in [5.41, 5.74) is 2.55. The smallest absolute Gasteiger partial charge is 0.264 e. The van der Waals surface area contributed by atoms with Gasteiger partial charge in [0.2, 0.25) is 6.10 Å². The molecule has 2 aromatic carbocycles. The summed E-state index contributed by atoms with van der Waals surface area (Å²) in [7, 11) is 0. The lowest BCUT2D eigenvalue weighted by Crippen LogP contribution is -2.36. The molecule has 0 unspecified atom stereocenters. The predicted octanol–water partition coefficient (Wildman–Crippen LogP) is 3.20. The monoisotopic (exact) mass is 312 g/mol. The van der Waals surface area contributed by atoms with E-state index in [9.17, 15) is 9.18 Å². The van der Waals surface area contributed by atoms with Crippen LogP contribution < -0.4 is 5.32 Å². The van der Waals surface area contributed by atoms with Crippen molar-refractivity contribution in [2.24, 2.45) is 5.16 Å². The fourth-order valence-corrected chi connectivity index (χ4v) is 2.46. The van der Waals surface area contributed by atoms with Crippen molar-refractivity contribution >= 4 is 11.6 Å². The lowest BCUT2D eigenvalue weighted by Gasteiger charge is -2.16. The van der Waals surface area contributed by atoms with Crippen molar-refractivity contribution in [1.29, 1.82) is 0 Å². The summed E-state index contributed by atoms with van der Waals surface area (Å²) in [6, 6.07) is 15.5. The molecular weight excluding hydrogens is 295 g/mol. The molecule has 1 heterocycles. The zero-order valence-electron chi connectivity index (χ0n) is 12.7. The third-order valence-electron chi connectivity index (χ3n) is 3.80. The van der Waals surface area contributed by atoms with Crippen LogP contribution in [0.1, 0.15) is 30.5 Å². The molecule has 1 aliphatic heterocycles. The maximum atomic E-state index is 12.9. The van der Waals surface area contributed by atoms with Gasteiger partial charge in [0.25, 0.3) is 5.91 Å². The maximum absolute atomic E-state index is 12.9. The number of nitrogens with zero attached hydrogens (tertiary/aromatic N) is 1. The van der Waals surface area contributed by atoms with Gasteiger partial charge in [0, 0.05) is 6.42 Å². The average molecular weight is 312 g/mol. The average Bonchev–Trinajstić information content (AvgIpc) is 3.06. The Balaban J connectivity index is 1.59. The first-order valence-electron chi connectivity index (χ1n) is 7.47. The van der Waals surface area contributed by atoms with Gasteiger partial charge in [0.05, 0.1) is 11.8 Å². The van der Waals surface area contributed by atoms with Gasteiger partial charge in [-0.25, -0.2) is 4.39 Å². The SMILES string of the molecule is C[C@H](NC(=O)[C@H]1CC(c2ccccc2)=NO1)c1ccc(F)cc1. The molecule has 4 nitrogen and oxygen atoms in total. The van der Waals surface area contributed by atoms with Gasteiger partial charge in [0.15, 0.2) is 0 Å². The second kappa shape index (κ2) is 6.60. The van der Waals surface area contributed by atoms with Crippen LogP contribution in [-0.2, 0) is 9.63 Å². The Morgan fingerprint density at radius 1 is 1.22 bits per heavy atom. The molecule has 1 amide bonds. The third kappa shape index (κ3) is 3.56. The van der Waals surface area contributed by atoms with E-state index in [4.69, 9.17) is 4.84 Å². The molecule has 1 aliphatic rings. The fraction of sp³-hybridized carbons (Fsp3) is 0.222. The molecule has 0 spiro atoms. The molecule has 5 heteroatoms. The van der Waals surface area contributed by atoms with Gasteiger partial charge in [-0.15, -0.1) is 0 Å². The van der Waals surface area contributed by atoms with Crippen LogP contribution in [0.15, 0.2) is 59.8 Å². The van der Waals surface area contributed by atoms with Crippen LogP contribution in [0.25, 0.3) is 0 Å². The lowest BCUT2D eigenvalue weighted by atomic mass is 10.0. The Labute approximate surface area is 134 Å². The first kappa shape index (κ1) is 15.2. The molecule has 0 radical (unpaired) electrons. The number of carbonyl (C=O) groups excluding carboxylic acids is 1. The van der Waals surface area contributed by atoms with Gasteiger partial charge >= 0.3 is 0 Å². The van der Waals surface area contributed by atoms with Gasteiger partial charge in [0.1, 0.15) is 5.82 Å². The standard InChI is InChI=1S/C18H17FN2O2/c1-12(13-7-9-15(19)10-8-13)20-18(22)17-11-16(21-23-17)14-5-3-2-4-6-14/h2-10,12,17H,11H2,1H3,(H,20,22)/t12-,17+/m0/s1. The Kier molecular flexibility index (Phi) is 4.37. The number of rotatable bonds is 4. The Hall–Kier alpha value is -2.69. The zero-order chi connectivity index (χ0) is 16.2. The van der Waals surface area contributed by atoms with Crippen LogP contribution in [0.4, 0.5) is 4.39 Å². The summed E-state index contributed by atoms with van der Waals surface area (Å²) in [6.07, 6.45) is -0.195. The third-order valence-corrected chi connectivity index (χ3v) is 3.80. The van der Waals surface area contributed by atoms with Crippen LogP contribution in [0.2, 0.25) is 0 Å². The van der Waals surface area contributed by atoms with Crippen LogP contribution in [-0.4, -0.2) is 17.7 Å². The summed E-state index contributed by atoms with van der Waals surface area (Å²) in [5, 5.41) is 6.88. The summed E-state index contributed by atoms with van der Waals surface area (Å²) in [5.74, 6) is -0.524. The van der Waals surface area contributed by atoms with E-state index in [0.717, 1.165) is 16.8 Å². The van der Waals surface area contributed by atoms with E-state index in [-0.39, 0.29) is 17.8 Å². The molecular formula is C18H17FN2O2. The fourth-order valence-electron chi connectivity index (χ4n) is 2.46. The summed E-state index contributed by atoms with van der Waals surface area (Å²) < 4.78 is 12.9. The number of carbonyl (C=O) groups is 1. The number of oxime groups is 1. The highest BCUT2D eigenvalue weighted by atomic mass is 19.1. The minimum Gasteiger partial charge on any atom is -0.382 e. The van der Waals surface area contributed by atoms with Gasteiger partial charge < -0.3 is 10.2 Å². The molecule has 0 bridgehead atoms. The van der Waals surface area contributed by atoms with Crippen LogP contribution in [0.3, 0.4) is 0 Å². The molecule has 1 N–H and O–H groups in total. The summed E-state index contributed by atoms with van der Waals surface area (Å²) in [4.78, 5) is 17.5. The van der Waals surface area contributed by atoms with E-state index >= 15 is 0 Å². The number of amides is 1. The number of benzene rings is 2. The molecule has 0 fully saturated rings. The minimum atomic E-state index is -0.631. The second-order valence-corrected chi connectivity index (χ2v) is 5.48. The molecule has 2 atom stereocenters. The molecule has 0 aliphatic carbocycles. The Morgan fingerprint density at radius 2 is 1.91 bits per heavy atom. The van der Waals surface area contributed by atoms with Gasteiger partial charge in [-0.1, -0.05) is 47.6 Å². The van der Waals surface area contributed by atoms with E-state index < -0.39 is 6.10 Å². The molecule has 118 valence electrons. The van der Waals surface area contributed by atoms with E-state index in [1.807, 2.05) is 37.3 Å². The van der Waals surface area contributed by atoms with E-state index in [0.29, 0.717) is 6.42 Å². The van der Waals surface area contributed by atoms with Crippen molar-refractivity contribution < 1.29 is 14.0 Å². The predicted molar refractivity (Wildman–Crippen MR) is 85.4 cm³/mol. The van der Waals surface area contributed by atoms with E-state index in [1.165, 1.54) is 12.1 Å². The first-order chi connectivity index (χ1) is 11.1.